The molecule has 8 heteroatoms. The summed E-state index contributed by atoms with van der Waals surface area (Å²) in [6, 6.07) is 1.93. The lowest BCUT2D eigenvalue weighted by molar-refractivity contribution is 0.0189. The van der Waals surface area contributed by atoms with Gasteiger partial charge in [0.2, 0.25) is 0 Å². The first kappa shape index (κ1) is 17.0. The van der Waals surface area contributed by atoms with Crippen LogP contribution in [0.2, 0.25) is 0 Å². The van der Waals surface area contributed by atoms with E-state index in [4.69, 9.17) is 4.74 Å². The molecular weight excluding hydrogens is 376 g/mol. The normalized spacial score (nSPS) is 16.6. The molecule has 2 aromatic heterocycles. The number of ether oxygens (including phenoxy) is 1. The second kappa shape index (κ2) is 6.23. The van der Waals surface area contributed by atoms with Gasteiger partial charge in [0, 0.05) is 29.8 Å². The molecule has 1 N–H and O–H groups in total. The second-order valence-corrected chi connectivity index (χ2v) is 7.94. The van der Waals surface area contributed by atoms with E-state index in [0.29, 0.717) is 31.6 Å². The molecule has 3 heterocycles. The average molecular weight is 397 g/mol. The Hall–Kier alpha value is -1.83. The molecule has 0 radical (unpaired) electrons. The summed E-state index contributed by atoms with van der Waals surface area (Å²) in [4.78, 5) is 33.2. The van der Waals surface area contributed by atoms with E-state index < -0.39 is 5.60 Å². The van der Waals surface area contributed by atoms with Crippen LogP contribution in [-0.4, -0.2) is 44.2 Å². The number of nitrogens with one attached hydrogen (secondary N) is 1. The molecular formula is C16H21BrN4O3. The molecule has 3 rings (SSSR count). The maximum absolute atomic E-state index is 12.3. The summed E-state index contributed by atoms with van der Waals surface area (Å²) in [5, 5.41) is 0. The van der Waals surface area contributed by atoms with Crippen LogP contribution in [0.4, 0.5) is 4.79 Å². The Morgan fingerprint density at radius 3 is 2.67 bits per heavy atom. The van der Waals surface area contributed by atoms with Gasteiger partial charge in [-0.1, -0.05) is 0 Å². The predicted molar refractivity (Wildman–Crippen MR) is 94.1 cm³/mol. The quantitative estimate of drug-likeness (QED) is 0.802. The number of amides is 1. The first-order valence-corrected chi connectivity index (χ1v) is 8.77. The highest BCUT2D eigenvalue weighted by Gasteiger charge is 2.29. The van der Waals surface area contributed by atoms with Gasteiger partial charge in [0.25, 0.3) is 0 Å². The lowest BCUT2D eigenvalue weighted by Gasteiger charge is -2.33. The van der Waals surface area contributed by atoms with Gasteiger partial charge in [-0.25, -0.2) is 14.6 Å². The van der Waals surface area contributed by atoms with Crippen LogP contribution in [0, 0.1) is 0 Å². The van der Waals surface area contributed by atoms with Crippen LogP contribution < -0.4 is 5.69 Å². The van der Waals surface area contributed by atoms with E-state index in [0.717, 1.165) is 9.99 Å². The third kappa shape index (κ3) is 3.48. The van der Waals surface area contributed by atoms with Crippen molar-refractivity contribution in [2.24, 2.45) is 0 Å². The number of fused-ring (bicyclic) bond motifs is 1. The molecule has 7 nitrogen and oxygen atoms in total. The monoisotopic (exact) mass is 396 g/mol. The van der Waals surface area contributed by atoms with Crippen LogP contribution in [0.25, 0.3) is 11.2 Å². The van der Waals surface area contributed by atoms with Crippen molar-refractivity contribution in [1.82, 2.24) is 19.4 Å². The Bertz CT molecular complexity index is 813. The number of pyridine rings is 1. The Morgan fingerprint density at radius 1 is 1.38 bits per heavy atom. The summed E-state index contributed by atoms with van der Waals surface area (Å²) in [5.41, 5.74) is 0.703. The number of carbonyl (C=O) groups excluding carboxylic acids is 1. The molecule has 0 unspecified atom stereocenters. The van der Waals surface area contributed by atoms with Gasteiger partial charge in [0.05, 0.1) is 5.52 Å². The van der Waals surface area contributed by atoms with E-state index in [1.54, 1.807) is 15.7 Å². The van der Waals surface area contributed by atoms with E-state index in [-0.39, 0.29) is 17.8 Å². The number of piperidine rings is 1. The first-order valence-electron chi connectivity index (χ1n) is 7.98. The van der Waals surface area contributed by atoms with Crippen molar-refractivity contribution < 1.29 is 9.53 Å². The molecule has 1 aliphatic rings. The molecule has 0 atom stereocenters. The Labute approximate surface area is 148 Å². The van der Waals surface area contributed by atoms with Gasteiger partial charge >= 0.3 is 11.8 Å². The van der Waals surface area contributed by atoms with Gasteiger partial charge in [-0.15, -0.1) is 0 Å². The zero-order chi connectivity index (χ0) is 17.5. The van der Waals surface area contributed by atoms with Crippen LogP contribution in [0.1, 0.15) is 39.7 Å². The lowest BCUT2D eigenvalue weighted by Crippen LogP contribution is -2.43. The van der Waals surface area contributed by atoms with Crippen LogP contribution in [0.3, 0.4) is 0 Å². The third-order valence-corrected chi connectivity index (χ3v) is 4.45. The van der Waals surface area contributed by atoms with Crippen LogP contribution in [0.15, 0.2) is 21.5 Å². The number of halogens is 1. The standard InChI is InChI=1S/C16H21BrN4O3/c1-16(2,3)24-15(23)20-6-4-11(5-7-20)21-12-8-10(17)9-18-13(12)19-14(21)22/h8-9,11H,4-7H2,1-3H3,(H,18,19,22). The summed E-state index contributed by atoms with van der Waals surface area (Å²) in [5.74, 6) is 0. The number of imidazole rings is 1. The number of likely N-dealkylation sites (tertiary alicyclic amines) is 1. The smallest absolute Gasteiger partial charge is 0.410 e. The van der Waals surface area contributed by atoms with E-state index in [1.165, 1.54) is 0 Å². The Balaban J connectivity index is 1.76. The van der Waals surface area contributed by atoms with Crippen LogP contribution in [0.5, 0.6) is 0 Å². The number of aromatic nitrogens is 3. The van der Waals surface area contributed by atoms with Crippen LogP contribution >= 0.6 is 15.9 Å². The zero-order valence-corrected chi connectivity index (χ0v) is 15.6. The minimum absolute atomic E-state index is 0.0426. The number of hydrogen-bond donors (Lipinski definition) is 1. The van der Waals surface area contributed by atoms with Crippen molar-refractivity contribution in [2.75, 3.05) is 13.1 Å². The SMILES string of the molecule is CC(C)(C)OC(=O)N1CCC(n2c(=O)[nH]c3ncc(Br)cc32)CC1. The molecule has 0 bridgehead atoms. The fraction of sp³-hybridized carbons (Fsp3) is 0.562. The summed E-state index contributed by atoms with van der Waals surface area (Å²) in [6.45, 7) is 6.70. The second-order valence-electron chi connectivity index (χ2n) is 7.02. The van der Waals surface area contributed by atoms with Gasteiger partial charge in [-0.2, -0.15) is 0 Å². The van der Waals surface area contributed by atoms with Crippen molar-refractivity contribution in [1.29, 1.82) is 0 Å². The molecule has 24 heavy (non-hydrogen) atoms. The molecule has 130 valence electrons. The summed E-state index contributed by atoms with van der Waals surface area (Å²) >= 11 is 3.40. The molecule has 1 fully saturated rings. The highest BCUT2D eigenvalue weighted by atomic mass is 79.9. The lowest BCUT2D eigenvalue weighted by atomic mass is 10.1. The van der Waals surface area contributed by atoms with E-state index in [2.05, 4.69) is 25.9 Å². The molecule has 1 aliphatic heterocycles. The number of hydrogen-bond acceptors (Lipinski definition) is 4. The molecule has 2 aromatic rings. The maximum atomic E-state index is 12.3. The summed E-state index contributed by atoms with van der Waals surface area (Å²) in [7, 11) is 0. The van der Waals surface area contributed by atoms with E-state index >= 15 is 0 Å². The van der Waals surface area contributed by atoms with E-state index in [1.807, 2.05) is 26.8 Å². The number of H-pyrrole nitrogens is 1. The number of rotatable bonds is 1. The molecule has 0 aromatic carbocycles. The first-order chi connectivity index (χ1) is 11.2. The average Bonchev–Trinajstić information content (AvgIpc) is 2.81. The van der Waals surface area contributed by atoms with Gasteiger partial charge in [0.15, 0.2) is 5.65 Å². The van der Waals surface area contributed by atoms with Gasteiger partial charge in [-0.3, -0.25) is 9.55 Å². The van der Waals surface area contributed by atoms with Gasteiger partial charge in [0.1, 0.15) is 5.60 Å². The van der Waals surface area contributed by atoms with Gasteiger partial charge < -0.3 is 9.64 Å². The van der Waals surface area contributed by atoms with Crippen LogP contribution in [-0.2, 0) is 4.74 Å². The van der Waals surface area contributed by atoms with Crippen molar-refractivity contribution in [3.63, 3.8) is 0 Å². The molecule has 0 saturated carbocycles. The maximum Gasteiger partial charge on any atom is 0.410 e. The van der Waals surface area contributed by atoms with Crippen molar-refractivity contribution in [3.05, 3.63) is 27.2 Å². The summed E-state index contributed by atoms with van der Waals surface area (Å²) in [6.07, 6.45) is 2.78. The number of nitrogens with zero attached hydrogens (tertiary/aromatic N) is 3. The van der Waals surface area contributed by atoms with Crippen molar-refractivity contribution >= 4 is 33.2 Å². The minimum atomic E-state index is -0.500. The van der Waals surface area contributed by atoms with Crippen molar-refractivity contribution in [3.8, 4) is 0 Å². The van der Waals surface area contributed by atoms with E-state index in [9.17, 15) is 9.59 Å². The molecule has 0 aliphatic carbocycles. The predicted octanol–water partition coefficient (Wildman–Crippen LogP) is 3.06. The van der Waals surface area contributed by atoms with Gasteiger partial charge in [-0.05, 0) is 55.6 Å². The largest absolute Gasteiger partial charge is 0.444 e. The van der Waals surface area contributed by atoms with Crippen molar-refractivity contribution in [2.45, 2.75) is 45.3 Å². The summed E-state index contributed by atoms with van der Waals surface area (Å²) < 4.78 is 7.99. The highest BCUT2D eigenvalue weighted by molar-refractivity contribution is 9.10. The highest BCUT2D eigenvalue weighted by Crippen LogP contribution is 2.26. The number of aromatic amines is 1. The minimum Gasteiger partial charge on any atom is -0.444 e. The fourth-order valence-corrected chi connectivity index (χ4v) is 3.29. The zero-order valence-electron chi connectivity index (χ0n) is 14.0. The molecule has 0 spiro atoms. The molecule has 1 amide bonds. The Kier molecular flexibility index (Phi) is 4.42. The number of carbonyl (C=O) groups is 1. The third-order valence-electron chi connectivity index (χ3n) is 4.02. The fourth-order valence-electron chi connectivity index (χ4n) is 2.98. The Morgan fingerprint density at radius 2 is 2.04 bits per heavy atom. The topological polar surface area (TPSA) is 80.2 Å². The molecule has 1 saturated heterocycles.